The van der Waals surface area contributed by atoms with Gasteiger partial charge in [-0.15, -0.1) is 6.58 Å². The molecule has 2 heterocycles. The zero-order valence-corrected chi connectivity index (χ0v) is 37.2. The number of nitrogens with zero attached hydrogens (tertiary/aromatic N) is 2. The van der Waals surface area contributed by atoms with Crippen molar-refractivity contribution in [3.8, 4) is 11.5 Å². The van der Waals surface area contributed by atoms with Gasteiger partial charge in [-0.25, -0.2) is 0 Å². The number of carbonyl (C=O) groups is 1. The van der Waals surface area contributed by atoms with E-state index < -0.39 is 18.1 Å². The Morgan fingerprint density at radius 3 is 2.33 bits per heavy atom. The first kappa shape index (κ1) is 47.9. The first-order valence-corrected chi connectivity index (χ1v) is 23.8. The van der Waals surface area contributed by atoms with Crippen LogP contribution in [-0.2, 0) is 19.1 Å². The second-order valence-corrected chi connectivity index (χ2v) is 17.4. The van der Waals surface area contributed by atoms with Crippen LogP contribution in [0.3, 0.4) is 0 Å². The monoisotopic (exact) mass is 835 g/mol. The van der Waals surface area contributed by atoms with Crippen LogP contribution in [0.5, 0.6) is 11.5 Å². The Morgan fingerprint density at radius 1 is 0.917 bits per heavy atom. The summed E-state index contributed by atoms with van der Waals surface area (Å²) in [4.78, 5) is 23.1. The van der Waals surface area contributed by atoms with Crippen molar-refractivity contribution in [2.24, 2.45) is 22.9 Å². The van der Waals surface area contributed by atoms with E-state index in [9.17, 15) is 15.0 Å². The molecule has 4 aliphatic rings. The number of rotatable bonds is 29. The minimum Gasteiger partial charge on any atom is -0.490 e. The number of oxime groups is 1. The van der Waals surface area contributed by atoms with E-state index >= 15 is 0 Å². The molecule has 1 aromatic carbocycles. The number of hydrogen-bond donors (Lipinski definition) is 2. The van der Waals surface area contributed by atoms with E-state index in [1.54, 1.807) is 12.2 Å². The van der Waals surface area contributed by atoms with Gasteiger partial charge in [0.05, 0.1) is 24.8 Å². The van der Waals surface area contributed by atoms with Gasteiger partial charge in [0.25, 0.3) is 0 Å². The number of aliphatic hydroxyl groups excluding tert-OH is 2. The maximum atomic E-state index is 14.7. The van der Waals surface area contributed by atoms with Crippen LogP contribution in [-0.4, -0.2) is 84.4 Å². The van der Waals surface area contributed by atoms with Gasteiger partial charge in [-0.1, -0.05) is 108 Å². The average molecular weight is 835 g/mol. The highest BCUT2D eigenvalue weighted by molar-refractivity contribution is 6.03. The molecule has 0 spiro atoms. The molecule has 2 aliphatic heterocycles. The van der Waals surface area contributed by atoms with Gasteiger partial charge in [0.2, 0.25) is 18.0 Å². The third kappa shape index (κ3) is 12.5. The zero-order chi connectivity index (χ0) is 42.6. The largest absolute Gasteiger partial charge is 0.490 e. The summed E-state index contributed by atoms with van der Waals surface area (Å²) in [5, 5.41) is 24.8. The molecular formula is C50H78N2O8. The molecule has 7 atom stereocenters. The molecule has 10 nitrogen and oxygen atoms in total. The Bertz CT molecular complexity index is 1520. The van der Waals surface area contributed by atoms with Gasteiger partial charge in [-0.2, -0.15) is 0 Å². The fourth-order valence-corrected chi connectivity index (χ4v) is 10.2. The van der Waals surface area contributed by atoms with Gasteiger partial charge >= 0.3 is 0 Å². The molecule has 10 heteroatoms. The first-order valence-electron chi connectivity index (χ1n) is 23.8. The number of fused-ring (bicyclic) bond motifs is 2. The third-order valence-corrected chi connectivity index (χ3v) is 13.1. The highest BCUT2D eigenvalue weighted by Gasteiger charge is 2.65. The predicted molar refractivity (Wildman–Crippen MR) is 239 cm³/mol. The first-order chi connectivity index (χ1) is 29.5. The lowest BCUT2D eigenvalue weighted by atomic mass is 9.55. The van der Waals surface area contributed by atoms with Crippen LogP contribution in [0.25, 0.3) is 0 Å². The van der Waals surface area contributed by atoms with E-state index in [0.29, 0.717) is 39.0 Å². The molecular weight excluding hydrogens is 757 g/mol. The lowest BCUT2D eigenvalue weighted by Crippen LogP contribution is -2.70. The van der Waals surface area contributed by atoms with E-state index in [2.05, 4.69) is 44.0 Å². The van der Waals surface area contributed by atoms with Crippen LogP contribution >= 0.6 is 0 Å². The summed E-state index contributed by atoms with van der Waals surface area (Å²) in [6.45, 7) is 14.4. The van der Waals surface area contributed by atoms with Crippen LogP contribution in [0.15, 0.2) is 60.3 Å². The number of unbranched alkanes of at least 4 members (excludes halogenated alkanes) is 10. The summed E-state index contributed by atoms with van der Waals surface area (Å²) in [5.74, 6) is 0.185. The second-order valence-electron chi connectivity index (χ2n) is 17.4. The van der Waals surface area contributed by atoms with Crippen molar-refractivity contribution < 1.29 is 38.8 Å². The molecule has 1 saturated carbocycles. The number of benzene rings is 1. The minimum absolute atomic E-state index is 0.0986. The number of carbonyl (C=O) groups excluding carboxylic acids is 1. The topological polar surface area (TPSA) is 119 Å². The van der Waals surface area contributed by atoms with Gasteiger partial charge in [-0.05, 0) is 87.0 Å². The Balaban J connectivity index is 1.62. The third-order valence-electron chi connectivity index (χ3n) is 13.1. The maximum Gasteiger partial charge on any atom is 0.239 e. The zero-order valence-electron chi connectivity index (χ0n) is 37.2. The molecule has 336 valence electrons. The summed E-state index contributed by atoms with van der Waals surface area (Å²) >= 11 is 0. The summed E-state index contributed by atoms with van der Waals surface area (Å²) < 4.78 is 26.7. The van der Waals surface area contributed by atoms with Gasteiger partial charge in [0, 0.05) is 50.5 Å². The van der Waals surface area contributed by atoms with Gasteiger partial charge in [0.15, 0.2) is 0 Å². The number of aliphatic hydroxyl groups is 2. The molecule has 1 aromatic rings. The second kappa shape index (κ2) is 25.7. The van der Waals surface area contributed by atoms with E-state index in [0.717, 1.165) is 105 Å². The fourth-order valence-electron chi connectivity index (χ4n) is 10.2. The minimum atomic E-state index is -1.25. The molecule has 1 amide bonds. The van der Waals surface area contributed by atoms with Crippen LogP contribution in [0.4, 0.5) is 0 Å². The van der Waals surface area contributed by atoms with E-state index in [-0.39, 0.29) is 49.4 Å². The lowest BCUT2D eigenvalue weighted by Gasteiger charge is -2.60. The van der Waals surface area contributed by atoms with Crippen molar-refractivity contribution in [1.82, 2.24) is 4.90 Å². The molecule has 0 radical (unpaired) electrons. The summed E-state index contributed by atoms with van der Waals surface area (Å²) in [7, 11) is 0. The Kier molecular flexibility index (Phi) is 20.5. The Labute approximate surface area is 361 Å². The smallest absolute Gasteiger partial charge is 0.239 e. The number of ether oxygens (including phenoxy) is 4. The number of allylic oxidation sites excluding steroid dienone is 1. The van der Waals surface area contributed by atoms with Crippen molar-refractivity contribution in [2.75, 3.05) is 39.6 Å². The van der Waals surface area contributed by atoms with Crippen LogP contribution < -0.4 is 9.47 Å². The Morgan fingerprint density at radius 2 is 1.65 bits per heavy atom. The van der Waals surface area contributed by atoms with Crippen molar-refractivity contribution >= 4 is 11.6 Å². The summed E-state index contributed by atoms with van der Waals surface area (Å²) in [5.41, 5.74) is 2.89. The summed E-state index contributed by atoms with van der Waals surface area (Å²) in [6.07, 6.45) is 25.6. The molecule has 1 unspecified atom stereocenters. The van der Waals surface area contributed by atoms with E-state index in [1.165, 1.54) is 38.5 Å². The maximum absolute atomic E-state index is 14.7. The Hall–Kier alpha value is -3.18. The van der Waals surface area contributed by atoms with E-state index in [1.807, 2.05) is 12.1 Å². The van der Waals surface area contributed by atoms with Gasteiger partial charge in [0.1, 0.15) is 24.1 Å². The molecule has 2 aliphatic carbocycles. The average Bonchev–Trinajstić information content (AvgIpc) is 3.27. The predicted octanol–water partition coefficient (Wildman–Crippen LogP) is 10.6. The highest BCUT2D eigenvalue weighted by Crippen LogP contribution is 2.62. The molecule has 0 aromatic heterocycles. The molecule has 1 saturated heterocycles. The fraction of sp³-hybridized carbons (Fsp3) is 0.720. The number of hydrogen-bond acceptors (Lipinski definition) is 9. The normalized spacial score (nSPS) is 26.3. The lowest BCUT2D eigenvalue weighted by molar-refractivity contribution is -0.257. The van der Waals surface area contributed by atoms with Gasteiger partial charge in [-0.3, -0.25) is 4.79 Å². The molecule has 5 rings (SSSR count). The molecule has 2 fully saturated rings. The molecule has 60 heavy (non-hydrogen) atoms. The quantitative estimate of drug-likeness (QED) is 0.0465. The van der Waals surface area contributed by atoms with Gasteiger partial charge < -0.3 is 38.9 Å². The van der Waals surface area contributed by atoms with Crippen molar-refractivity contribution in [3.63, 3.8) is 0 Å². The SMILES string of the molecule is C=CCOc1ccc2c(c1)[C@H]1[C@H](CCCCO)[C@@H](CCCCO)C=C3C(=NOC4CCCCO4)C[C@H](N(CCC)C(=O)CCCCCCCCCCC)[C@@](OCC=C)(O2)[C@H]31. The number of amides is 1. The van der Waals surface area contributed by atoms with Crippen molar-refractivity contribution in [1.29, 1.82) is 0 Å². The van der Waals surface area contributed by atoms with Crippen molar-refractivity contribution in [2.45, 2.75) is 173 Å². The van der Waals surface area contributed by atoms with Crippen LogP contribution in [0.1, 0.15) is 160 Å². The standard InChI is InChI=1S/C50H78N2O8/c1-5-9-10-11-12-13-14-15-16-25-46(55)52(29-6-2)45-37-43(51-60-47-26-19-22-34-57-47)41-35-38(23-17-20-30-53)40(24-18-21-31-54)48-42-36-39(56-32-7-3)27-28-44(42)59-50(45,49(41)48)58-33-8-4/h7-8,27-28,35-36,38,40,45,47-49,53-54H,3-6,9-26,29-34,37H2,1-2H3/t38-,40+,45-,47?,48+,49+,50+/m0/s1. The highest BCUT2D eigenvalue weighted by atomic mass is 16.8. The molecule has 0 bridgehead atoms. The van der Waals surface area contributed by atoms with Crippen LogP contribution in [0.2, 0.25) is 0 Å². The van der Waals surface area contributed by atoms with E-state index in [4.69, 9.17) is 28.9 Å². The molecule has 2 N–H and O–H groups in total. The summed E-state index contributed by atoms with van der Waals surface area (Å²) in [6, 6.07) is 5.57. The van der Waals surface area contributed by atoms with Crippen LogP contribution in [0, 0.1) is 17.8 Å². The van der Waals surface area contributed by atoms with Crippen molar-refractivity contribution in [3.05, 3.63) is 60.7 Å².